The first-order valence-electron chi connectivity index (χ1n) is 9.52. The Hall–Kier alpha value is -1.65. The van der Waals surface area contributed by atoms with Gasteiger partial charge in [0.1, 0.15) is 4.88 Å². The van der Waals surface area contributed by atoms with Crippen LogP contribution in [0.5, 0.6) is 0 Å². The molecule has 1 N–H and O–H groups in total. The van der Waals surface area contributed by atoms with E-state index in [0.717, 1.165) is 4.88 Å². The summed E-state index contributed by atoms with van der Waals surface area (Å²) in [5.74, 6) is -0.850. The highest BCUT2D eigenvalue weighted by Crippen LogP contribution is 2.46. The number of carboxylic acids is 1. The third kappa shape index (κ3) is 3.97. The molecule has 3 rings (SSSR count). The monoisotopic (exact) mass is 397 g/mol. The van der Waals surface area contributed by atoms with Crippen LogP contribution in [0.4, 0.5) is 0 Å². The van der Waals surface area contributed by atoms with Gasteiger partial charge in [-0.3, -0.25) is 0 Å². The second-order valence-electron chi connectivity index (χ2n) is 9.09. The highest BCUT2D eigenvalue weighted by atomic mass is 32.1. The minimum atomic E-state index is -0.850. The van der Waals surface area contributed by atoms with Crippen molar-refractivity contribution in [2.75, 3.05) is 0 Å². The zero-order valence-electron chi connectivity index (χ0n) is 17.1. The standard InChI is InChI=1S/C23H29O2SSi/c1-22(2)11-12-23(3,4)18-13-15(7-9-17(18)22)20(27(5)6)14-16-8-10-19(26-16)21(24)25/h7-10,13-14H,11-12H2,1-6H3,(H,24,25). The van der Waals surface area contributed by atoms with Gasteiger partial charge in [-0.1, -0.05) is 64.2 Å². The van der Waals surface area contributed by atoms with Gasteiger partial charge in [0.15, 0.2) is 0 Å². The van der Waals surface area contributed by atoms with E-state index >= 15 is 0 Å². The molecule has 27 heavy (non-hydrogen) atoms. The lowest BCUT2D eigenvalue weighted by atomic mass is 9.63. The normalized spacial score (nSPS) is 18.4. The van der Waals surface area contributed by atoms with Gasteiger partial charge in [-0.2, -0.15) is 0 Å². The number of hydrogen-bond acceptors (Lipinski definition) is 2. The fourth-order valence-corrected chi connectivity index (χ4v) is 6.03. The number of fused-ring (bicyclic) bond motifs is 1. The molecule has 0 saturated heterocycles. The van der Waals surface area contributed by atoms with Crippen LogP contribution in [-0.4, -0.2) is 19.9 Å². The van der Waals surface area contributed by atoms with Crippen molar-refractivity contribution in [1.82, 2.24) is 0 Å². The summed E-state index contributed by atoms with van der Waals surface area (Å²) >= 11 is 1.35. The van der Waals surface area contributed by atoms with Crippen LogP contribution in [0.2, 0.25) is 13.1 Å². The minimum Gasteiger partial charge on any atom is -0.477 e. The van der Waals surface area contributed by atoms with Crippen LogP contribution in [0.1, 0.15) is 71.8 Å². The van der Waals surface area contributed by atoms with Gasteiger partial charge in [0, 0.05) is 4.88 Å². The molecule has 0 atom stereocenters. The molecule has 0 bridgehead atoms. The van der Waals surface area contributed by atoms with Crippen LogP contribution in [0.15, 0.2) is 30.3 Å². The van der Waals surface area contributed by atoms with E-state index < -0.39 is 14.8 Å². The van der Waals surface area contributed by atoms with E-state index in [1.807, 2.05) is 6.07 Å². The first-order valence-corrected chi connectivity index (χ1v) is 12.8. The lowest BCUT2D eigenvalue weighted by Gasteiger charge is -2.42. The molecule has 4 heteroatoms. The lowest BCUT2D eigenvalue weighted by molar-refractivity contribution is 0.0702. The van der Waals surface area contributed by atoms with Gasteiger partial charge < -0.3 is 5.11 Å². The van der Waals surface area contributed by atoms with Crippen LogP contribution >= 0.6 is 11.3 Å². The summed E-state index contributed by atoms with van der Waals surface area (Å²) in [6.07, 6.45) is 4.63. The molecule has 2 aromatic rings. The molecule has 1 aliphatic carbocycles. The van der Waals surface area contributed by atoms with Crippen molar-refractivity contribution in [3.8, 4) is 0 Å². The number of carboxylic acid groups (broad SMARTS) is 1. The number of benzene rings is 1. The van der Waals surface area contributed by atoms with Crippen LogP contribution in [-0.2, 0) is 10.8 Å². The van der Waals surface area contributed by atoms with Crippen molar-refractivity contribution < 1.29 is 9.90 Å². The molecule has 1 heterocycles. The zero-order valence-corrected chi connectivity index (χ0v) is 19.0. The Morgan fingerprint density at radius 2 is 1.67 bits per heavy atom. The zero-order chi connectivity index (χ0) is 20.0. The maximum atomic E-state index is 11.2. The fourth-order valence-electron chi connectivity index (χ4n) is 3.96. The molecule has 0 fully saturated rings. The topological polar surface area (TPSA) is 37.3 Å². The first-order chi connectivity index (χ1) is 12.5. The van der Waals surface area contributed by atoms with Crippen LogP contribution in [0.25, 0.3) is 11.3 Å². The molecule has 1 aromatic carbocycles. The molecule has 0 saturated carbocycles. The molecule has 143 valence electrons. The van der Waals surface area contributed by atoms with Gasteiger partial charge in [-0.05, 0) is 58.6 Å². The Balaban J connectivity index is 2.09. The van der Waals surface area contributed by atoms with Crippen LogP contribution in [0, 0.1) is 0 Å². The van der Waals surface area contributed by atoms with Crippen molar-refractivity contribution in [1.29, 1.82) is 0 Å². The summed E-state index contributed by atoms with van der Waals surface area (Å²) in [5, 5.41) is 10.6. The van der Waals surface area contributed by atoms with Gasteiger partial charge in [0.25, 0.3) is 0 Å². The summed E-state index contributed by atoms with van der Waals surface area (Å²) in [7, 11) is -0.704. The quantitative estimate of drug-likeness (QED) is 0.588. The Morgan fingerprint density at radius 1 is 1.04 bits per heavy atom. The molecule has 0 aliphatic heterocycles. The summed E-state index contributed by atoms with van der Waals surface area (Å²) in [6.45, 7) is 14.0. The second-order valence-corrected chi connectivity index (χ2v) is 12.7. The maximum absolute atomic E-state index is 11.2. The predicted molar refractivity (Wildman–Crippen MR) is 118 cm³/mol. The molecule has 0 spiro atoms. The number of hydrogen-bond donors (Lipinski definition) is 1. The van der Waals surface area contributed by atoms with E-state index in [1.54, 1.807) is 6.07 Å². The van der Waals surface area contributed by atoms with Crippen LogP contribution in [0.3, 0.4) is 0 Å². The number of aromatic carboxylic acids is 1. The summed E-state index contributed by atoms with van der Waals surface area (Å²) in [5.41, 5.74) is 4.67. The van der Waals surface area contributed by atoms with E-state index in [9.17, 15) is 9.90 Å². The van der Waals surface area contributed by atoms with Crippen molar-refractivity contribution in [3.05, 3.63) is 56.8 Å². The lowest BCUT2D eigenvalue weighted by Crippen LogP contribution is -2.34. The molecule has 0 unspecified atom stereocenters. The average Bonchev–Trinajstić information content (AvgIpc) is 3.05. The molecular weight excluding hydrogens is 368 g/mol. The van der Waals surface area contributed by atoms with Gasteiger partial charge in [0.05, 0.1) is 8.80 Å². The second kappa shape index (κ2) is 7.06. The van der Waals surface area contributed by atoms with Crippen molar-refractivity contribution >= 4 is 37.4 Å². The van der Waals surface area contributed by atoms with Crippen molar-refractivity contribution in [2.24, 2.45) is 0 Å². The Kier molecular flexibility index (Phi) is 5.26. The Bertz CT molecular complexity index is 903. The molecule has 1 aliphatic rings. The largest absolute Gasteiger partial charge is 0.477 e. The van der Waals surface area contributed by atoms with E-state index in [0.29, 0.717) is 4.88 Å². The van der Waals surface area contributed by atoms with Gasteiger partial charge in [-0.15, -0.1) is 11.3 Å². The van der Waals surface area contributed by atoms with E-state index in [-0.39, 0.29) is 10.8 Å². The third-order valence-corrected chi connectivity index (χ3v) is 8.36. The molecule has 0 amide bonds. The highest BCUT2D eigenvalue weighted by molar-refractivity contribution is 7.15. The predicted octanol–water partition coefficient (Wildman–Crippen LogP) is 6.63. The Morgan fingerprint density at radius 3 is 2.22 bits per heavy atom. The van der Waals surface area contributed by atoms with Gasteiger partial charge in [-0.25, -0.2) is 4.79 Å². The Labute approximate surface area is 168 Å². The van der Waals surface area contributed by atoms with Gasteiger partial charge >= 0.3 is 5.97 Å². The summed E-state index contributed by atoms with van der Waals surface area (Å²) in [6, 6.07) is 10.6. The molecule has 1 aromatic heterocycles. The average molecular weight is 398 g/mol. The summed E-state index contributed by atoms with van der Waals surface area (Å²) < 4.78 is 0. The van der Waals surface area contributed by atoms with Gasteiger partial charge in [0.2, 0.25) is 0 Å². The first kappa shape index (κ1) is 20.1. The van der Waals surface area contributed by atoms with E-state index in [1.165, 1.54) is 46.1 Å². The van der Waals surface area contributed by atoms with E-state index in [2.05, 4.69) is 65.1 Å². The smallest absolute Gasteiger partial charge is 0.345 e. The maximum Gasteiger partial charge on any atom is 0.345 e. The fraction of sp³-hybridized carbons (Fsp3) is 0.435. The molecular formula is C23H29O2SSi. The van der Waals surface area contributed by atoms with Crippen molar-refractivity contribution in [3.63, 3.8) is 0 Å². The molecule has 2 nitrogen and oxygen atoms in total. The SMILES string of the molecule is C[Si](C)C(=Cc1ccc(C(=O)O)s1)c1ccc2c(c1)C(C)(C)CCC2(C)C. The number of rotatable bonds is 4. The van der Waals surface area contributed by atoms with Crippen LogP contribution < -0.4 is 0 Å². The molecule has 1 radical (unpaired) electrons. The number of carbonyl (C=O) groups is 1. The highest BCUT2D eigenvalue weighted by Gasteiger charge is 2.37. The third-order valence-electron chi connectivity index (χ3n) is 5.83. The van der Waals surface area contributed by atoms with Crippen molar-refractivity contribution in [2.45, 2.75) is 64.5 Å². The summed E-state index contributed by atoms with van der Waals surface area (Å²) in [4.78, 5) is 12.6. The minimum absolute atomic E-state index is 0.194. The van der Waals surface area contributed by atoms with E-state index in [4.69, 9.17) is 0 Å². The number of thiophene rings is 1.